The summed E-state index contributed by atoms with van der Waals surface area (Å²) in [5.41, 5.74) is 5.25. The van der Waals surface area contributed by atoms with E-state index in [0.29, 0.717) is 43.4 Å². The van der Waals surface area contributed by atoms with E-state index < -0.39 is 0 Å². The maximum atomic E-state index is 13.9. The highest BCUT2D eigenvalue weighted by Gasteiger charge is 2.26. The van der Waals surface area contributed by atoms with Crippen LogP contribution in [-0.2, 0) is 29.2 Å². The number of para-hydroxylation sites is 1. The zero-order valence-electron chi connectivity index (χ0n) is 22.2. The third-order valence-electron chi connectivity index (χ3n) is 7.59. The van der Waals surface area contributed by atoms with Crippen LogP contribution < -0.4 is 9.80 Å². The van der Waals surface area contributed by atoms with Gasteiger partial charge in [0.25, 0.3) is 5.91 Å². The fourth-order valence-electron chi connectivity index (χ4n) is 5.36. The number of halogens is 1. The minimum atomic E-state index is -0.0778. The van der Waals surface area contributed by atoms with E-state index in [1.54, 1.807) is 4.90 Å². The van der Waals surface area contributed by atoms with Crippen molar-refractivity contribution in [2.45, 2.75) is 19.6 Å². The van der Waals surface area contributed by atoms with Crippen molar-refractivity contribution in [2.24, 2.45) is 0 Å². The van der Waals surface area contributed by atoms with Crippen molar-refractivity contribution in [3.8, 4) is 0 Å². The van der Waals surface area contributed by atoms with Gasteiger partial charge < -0.3 is 19.1 Å². The maximum Gasteiger partial charge on any atom is 0.258 e. The molecule has 7 nitrogen and oxygen atoms in total. The third-order valence-corrected chi connectivity index (χ3v) is 7.96. The molecule has 3 heterocycles. The fraction of sp³-hybridized carbons (Fsp3) is 0.250. The Hall–Kier alpha value is -3.91. The molecule has 0 unspecified atom stereocenters. The average Bonchev–Trinajstić information content (AvgIpc) is 3.36. The summed E-state index contributed by atoms with van der Waals surface area (Å²) in [5, 5.41) is 0.614. The van der Waals surface area contributed by atoms with Crippen molar-refractivity contribution >= 4 is 34.8 Å². The number of amides is 2. The Kier molecular flexibility index (Phi) is 7.68. The highest BCUT2D eigenvalue weighted by molar-refractivity contribution is 6.31. The monoisotopic (exact) mass is 554 g/mol. The highest BCUT2D eigenvalue weighted by Crippen LogP contribution is 2.30. The van der Waals surface area contributed by atoms with E-state index in [2.05, 4.69) is 27.8 Å². The van der Waals surface area contributed by atoms with E-state index in [1.165, 1.54) is 0 Å². The first kappa shape index (κ1) is 26.3. The molecule has 0 radical (unpaired) electrons. The van der Waals surface area contributed by atoms with Crippen molar-refractivity contribution in [3.63, 3.8) is 0 Å². The number of benzene rings is 3. The van der Waals surface area contributed by atoms with Gasteiger partial charge in [0, 0.05) is 53.5 Å². The predicted octanol–water partition coefficient (Wildman–Crippen LogP) is 5.22. The highest BCUT2D eigenvalue weighted by atomic mass is 35.5. The van der Waals surface area contributed by atoms with E-state index in [1.807, 2.05) is 77.7 Å². The Bertz CT molecular complexity index is 1510. The van der Waals surface area contributed by atoms with Crippen molar-refractivity contribution in [3.05, 3.63) is 119 Å². The lowest BCUT2D eigenvalue weighted by Gasteiger charge is -2.30. The van der Waals surface area contributed by atoms with Crippen LogP contribution in [0.2, 0.25) is 5.02 Å². The first-order valence-corrected chi connectivity index (χ1v) is 13.9. The summed E-state index contributed by atoms with van der Waals surface area (Å²) in [4.78, 5) is 33.1. The van der Waals surface area contributed by atoms with Crippen LogP contribution in [0.1, 0.15) is 27.2 Å². The topological polar surface area (TPSA) is 58.0 Å². The SMILES string of the molecule is O=C(CN1CCOCC1)N(Cc1ccccc1Cl)c1ccc(C(=O)N2Cc3cccn3Cc3ccccc32)cc1. The number of hydrogen-bond acceptors (Lipinski definition) is 4. The van der Waals surface area contributed by atoms with Gasteiger partial charge in [-0.25, -0.2) is 0 Å². The molecule has 2 aliphatic rings. The summed E-state index contributed by atoms with van der Waals surface area (Å²) < 4.78 is 7.63. The van der Waals surface area contributed by atoms with Crippen LogP contribution in [0, 0.1) is 0 Å². The van der Waals surface area contributed by atoms with Crippen molar-refractivity contribution in [2.75, 3.05) is 42.6 Å². The van der Waals surface area contributed by atoms with Gasteiger partial charge in [-0.2, -0.15) is 0 Å². The number of fused-ring (bicyclic) bond motifs is 2. The van der Waals surface area contributed by atoms with Crippen LogP contribution in [0.25, 0.3) is 0 Å². The van der Waals surface area contributed by atoms with E-state index in [9.17, 15) is 9.59 Å². The zero-order valence-corrected chi connectivity index (χ0v) is 23.0. The van der Waals surface area contributed by atoms with Gasteiger partial charge in [-0.3, -0.25) is 14.5 Å². The van der Waals surface area contributed by atoms with Crippen molar-refractivity contribution < 1.29 is 14.3 Å². The van der Waals surface area contributed by atoms with E-state index in [4.69, 9.17) is 16.3 Å². The summed E-state index contributed by atoms with van der Waals surface area (Å²) in [6, 6.07) is 27.0. The predicted molar refractivity (Wildman–Crippen MR) is 157 cm³/mol. The summed E-state index contributed by atoms with van der Waals surface area (Å²) in [6.45, 7) is 4.54. The van der Waals surface area contributed by atoms with Gasteiger partial charge >= 0.3 is 0 Å². The van der Waals surface area contributed by atoms with Crippen molar-refractivity contribution in [1.29, 1.82) is 0 Å². The Morgan fingerprint density at radius 1 is 0.850 bits per heavy atom. The number of anilines is 2. The normalized spacial score (nSPS) is 15.2. The molecule has 0 N–H and O–H groups in total. The van der Waals surface area contributed by atoms with E-state index in [0.717, 1.165) is 47.8 Å². The quantitative estimate of drug-likeness (QED) is 0.328. The number of rotatable bonds is 6. The molecule has 0 aliphatic carbocycles. The summed E-state index contributed by atoms with van der Waals surface area (Å²) in [5.74, 6) is -0.103. The molecule has 1 aromatic heterocycles. The first-order chi connectivity index (χ1) is 19.6. The minimum Gasteiger partial charge on any atom is -0.379 e. The molecule has 204 valence electrons. The van der Waals surface area contributed by atoms with Crippen LogP contribution in [0.4, 0.5) is 11.4 Å². The molecule has 0 bridgehead atoms. The van der Waals surface area contributed by atoms with Gasteiger partial charge in [-0.05, 0) is 59.7 Å². The lowest BCUT2D eigenvalue weighted by molar-refractivity contribution is -0.120. The number of hydrogen-bond donors (Lipinski definition) is 0. The molecule has 6 rings (SSSR count). The van der Waals surface area contributed by atoms with E-state index >= 15 is 0 Å². The second kappa shape index (κ2) is 11.7. The number of ether oxygens (including phenoxy) is 1. The van der Waals surface area contributed by atoms with Gasteiger partial charge in [-0.15, -0.1) is 0 Å². The second-order valence-corrected chi connectivity index (χ2v) is 10.6. The number of nitrogens with zero attached hydrogens (tertiary/aromatic N) is 4. The number of morpholine rings is 1. The standard InChI is InChI=1S/C32H31ClN4O3/c33-29-9-3-1-6-25(29)21-36(31(38)23-34-16-18-40-19-17-34)27-13-11-24(12-14-27)32(39)37-22-28-8-5-15-35(28)20-26-7-2-4-10-30(26)37/h1-15H,16-23H2. The Morgan fingerprint density at radius 3 is 2.40 bits per heavy atom. The number of aromatic nitrogens is 1. The van der Waals surface area contributed by atoms with Crippen LogP contribution >= 0.6 is 11.6 Å². The molecule has 2 aliphatic heterocycles. The summed E-state index contributed by atoms with van der Waals surface area (Å²) in [6.07, 6.45) is 2.05. The van der Waals surface area contributed by atoms with Crippen LogP contribution in [0.3, 0.4) is 0 Å². The molecule has 0 atom stereocenters. The van der Waals surface area contributed by atoms with Crippen LogP contribution in [0.5, 0.6) is 0 Å². The smallest absolute Gasteiger partial charge is 0.258 e. The van der Waals surface area contributed by atoms with Gasteiger partial charge in [0.05, 0.1) is 32.8 Å². The Balaban J connectivity index is 1.27. The van der Waals surface area contributed by atoms with Gasteiger partial charge in [0.1, 0.15) is 0 Å². The molecular formula is C32H31ClN4O3. The molecule has 8 heteroatoms. The molecule has 3 aromatic carbocycles. The van der Waals surface area contributed by atoms with E-state index in [-0.39, 0.29) is 11.8 Å². The molecule has 1 fully saturated rings. The molecule has 2 amide bonds. The Morgan fingerprint density at radius 2 is 1.60 bits per heavy atom. The zero-order chi connectivity index (χ0) is 27.5. The minimum absolute atomic E-state index is 0.0249. The first-order valence-electron chi connectivity index (χ1n) is 13.5. The van der Waals surface area contributed by atoms with Crippen LogP contribution in [-0.4, -0.2) is 54.1 Å². The summed E-state index contributed by atoms with van der Waals surface area (Å²) >= 11 is 6.47. The summed E-state index contributed by atoms with van der Waals surface area (Å²) in [7, 11) is 0. The molecule has 4 aromatic rings. The van der Waals surface area contributed by atoms with Gasteiger partial charge in [-0.1, -0.05) is 48.0 Å². The maximum absolute atomic E-state index is 13.9. The molecule has 1 saturated heterocycles. The molecule has 40 heavy (non-hydrogen) atoms. The number of carbonyl (C=O) groups is 2. The number of carbonyl (C=O) groups excluding carboxylic acids is 2. The lowest BCUT2D eigenvalue weighted by atomic mass is 10.1. The average molecular weight is 555 g/mol. The molecule has 0 spiro atoms. The van der Waals surface area contributed by atoms with Gasteiger partial charge in [0.15, 0.2) is 0 Å². The Labute approximate surface area is 239 Å². The largest absolute Gasteiger partial charge is 0.379 e. The van der Waals surface area contributed by atoms with Gasteiger partial charge in [0.2, 0.25) is 5.91 Å². The molecular weight excluding hydrogens is 524 g/mol. The molecule has 0 saturated carbocycles. The fourth-order valence-corrected chi connectivity index (χ4v) is 5.56. The van der Waals surface area contributed by atoms with Crippen LogP contribution in [0.15, 0.2) is 91.1 Å². The second-order valence-electron chi connectivity index (χ2n) is 10.2. The lowest BCUT2D eigenvalue weighted by Crippen LogP contribution is -2.44. The van der Waals surface area contributed by atoms with Crippen molar-refractivity contribution in [1.82, 2.24) is 9.47 Å². The third kappa shape index (κ3) is 5.54.